The number of rotatable bonds is 7. The summed E-state index contributed by atoms with van der Waals surface area (Å²) >= 11 is 1.77. The summed E-state index contributed by atoms with van der Waals surface area (Å²) in [6.07, 6.45) is 2.03. The molecule has 0 saturated heterocycles. The predicted octanol–water partition coefficient (Wildman–Crippen LogP) is 5.82. The molecule has 4 aromatic rings. The van der Waals surface area contributed by atoms with E-state index in [4.69, 9.17) is 0 Å². The van der Waals surface area contributed by atoms with Crippen molar-refractivity contribution in [1.29, 1.82) is 0 Å². The molecule has 29 heavy (non-hydrogen) atoms. The van der Waals surface area contributed by atoms with Crippen LogP contribution in [0.2, 0.25) is 0 Å². The number of nitrogens with zero attached hydrogens (tertiary/aromatic N) is 1. The average molecular weight is 398 g/mol. The van der Waals surface area contributed by atoms with Gasteiger partial charge >= 0.3 is 0 Å². The largest absolute Gasteiger partial charge is 0.314 e. The number of thioether (sulfide) groups is 1. The van der Waals surface area contributed by atoms with E-state index in [2.05, 4.69) is 60.7 Å². The van der Waals surface area contributed by atoms with Gasteiger partial charge in [0.1, 0.15) is 0 Å². The number of pyridine rings is 1. The minimum Gasteiger partial charge on any atom is -0.314 e. The molecule has 1 heterocycles. The Morgan fingerprint density at radius 2 is 1.21 bits per heavy atom. The van der Waals surface area contributed by atoms with Gasteiger partial charge in [0.15, 0.2) is 0 Å². The van der Waals surface area contributed by atoms with Crippen LogP contribution >= 0.6 is 11.8 Å². The first kappa shape index (κ1) is 19.3. The Morgan fingerprint density at radius 1 is 0.655 bits per heavy atom. The second-order valence-electron chi connectivity index (χ2n) is 6.91. The first-order valence-corrected chi connectivity index (χ1v) is 10.8. The molecule has 3 heteroatoms. The number of benzene rings is 3. The maximum atomic E-state index is 12.5. The Kier molecular flexibility index (Phi) is 6.28. The molecule has 0 unspecified atom stereocenters. The topological polar surface area (TPSA) is 22.0 Å². The maximum Gasteiger partial charge on any atom is 0.250 e. The lowest BCUT2D eigenvalue weighted by Crippen LogP contribution is -2.21. The van der Waals surface area contributed by atoms with Crippen molar-refractivity contribution in [3.63, 3.8) is 0 Å². The van der Waals surface area contributed by atoms with Crippen molar-refractivity contribution >= 4 is 11.8 Å². The van der Waals surface area contributed by atoms with E-state index in [-0.39, 0.29) is 11.5 Å². The quantitative estimate of drug-likeness (QED) is 0.367. The third kappa shape index (κ3) is 4.87. The second kappa shape index (κ2) is 9.44. The molecule has 0 aliphatic carbocycles. The number of aryl methyl sites for hydroxylation is 1. The lowest BCUT2D eigenvalue weighted by molar-refractivity contribution is 0.722. The fourth-order valence-electron chi connectivity index (χ4n) is 3.54. The van der Waals surface area contributed by atoms with Crippen molar-refractivity contribution in [3.8, 4) is 0 Å². The number of aromatic nitrogens is 1. The Bertz CT molecular complexity index is 1050. The zero-order valence-corrected chi connectivity index (χ0v) is 17.0. The summed E-state index contributed by atoms with van der Waals surface area (Å²) in [7, 11) is 0. The minimum absolute atomic E-state index is 0.0438. The lowest BCUT2D eigenvalue weighted by atomic mass is 9.86. The molecule has 0 N–H and O–H groups in total. The van der Waals surface area contributed by atoms with Crippen molar-refractivity contribution in [3.05, 3.63) is 136 Å². The van der Waals surface area contributed by atoms with Crippen molar-refractivity contribution < 1.29 is 0 Å². The molecule has 0 bridgehead atoms. The summed E-state index contributed by atoms with van der Waals surface area (Å²) < 4.78 is 1.84. The van der Waals surface area contributed by atoms with Crippen LogP contribution < -0.4 is 5.56 Å². The van der Waals surface area contributed by atoms with Crippen molar-refractivity contribution in [2.24, 2.45) is 0 Å². The van der Waals surface area contributed by atoms with Gasteiger partial charge in [-0.05, 0) is 28.8 Å². The summed E-state index contributed by atoms with van der Waals surface area (Å²) in [5.74, 6) is 0.959. The SMILES string of the molecule is O=c1ccc(C(c2ccccc2)c2ccccc2)cn1CCSc1ccccc1. The van der Waals surface area contributed by atoms with Gasteiger partial charge < -0.3 is 4.57 Å². The van der Waals surface area contributed by atoms with E-state index in [1.165, 1.54) is 16.0 Å². The molecule has 0 radical (unpaired) electrons. The minimum atomic E-state index is 0.0438. The number of hydrogen-bond donors (Lipinski definition) is 0. The summed E-state index contributed by atoms with van der Waals surface area (Å²) in [6, 6.07) is 34.9. The Balaban J connectivity index is 1.62. The van der Waals surface area contributed by atoms with Crippen LogP contribution in [-0.4, -0.2) is 10.3 Å². The normalized spacial score (nSPS) is 10.9. The van der Waals surface area contributed by atoms with Gasteiger partial charge in [-0.25, -0.2) is 0 Å². The Labute approximate surface area is 175 Å². The van der Waals surface area contributed by atoms with Crippen LogP contribution in [0.3, 0.4) is 0 Å². The Morgan fingerprint density at radius 3 is 1.79 bits per heavy atom. The van der Waals surface area contributed by atoms with E-state index in [9.17, 15) is 4.79 Å². The molecular formula is C26H23NOS. The van der Waals surface area contributed by atoms with Crippen LogP contribution in [0.5, 0.6) is 0 Å². The molecule has 0 amide bonds. The zero-order valence-electron chi connectivity index (χ0n) is 16.1. The van der Waals surface area contributed by atoms with Gasteiger partial charge in [-0.2, -0.15) is 0 Å². The van der Waals surface area contributed by atoms with E-state index in [1.807, 2.05) is 47.2 Å². The summed E-state index contributed by atoms with van der Waals surface area (Å²) in [5.41, 5.74) is 3.62. The zero-order chi connectivity index (χ0) is 19.9. The van der Waals surface area contributed by atoms with Crippen molar-refractivity contribution in [2.75, 3.05) is 5.75 Å². The van der Waals surface area contributed by atoms with E-state index >= 15 is 0 Å². The van der Waals surface area contributed by atoms with Crippen LogP contribution in [0, 0.1) is 0 Å². The molecule has 1 aromatic heterocycles. The molecule has 3 aromatic carbocycles. The molecule has 0 atom stereocenters. The molecule has 0 saturated carbocycles. The summed E-state index contributed by atoms with van der Waals surface area (Å²) in [4.78, 5) is 13.7. The highest BCUT2D eigenvalue weighted by atomic mass is 32.2. The van der Waals surface area contributed by atoms with Gasteiger partial charge in [-0.1, -0.05) is 84.9 Å². The van der Waals surface area contributed by atoms with Gasteiger partial charge in [-0.3, -0.25) is 4.79 Å². The summed E-state index contributed by atoms with van der Waals surface area (Å²) in [6.45, 7) is 0.683. The van der Waals surface area contributed by atoms with Crippen LogP contribution in [0.15, 0.2) is 119 Å². The fraction of sp³-hybridized carbons (Fsp3) is 0.115. The van der Waals surface area contributed by atoms with E-state index < -0.39 is 0 Å². The monoisotopic (exact) mass is 397 g/mol. The second-order valence-corrected chi connectivity index (χ2v) is 8.08. The predicted molar refractivity (Wildman–Crippen MR) is 122 cm³/mol. The van der Waals surface area contributed by atoms with Crippen LogP contribution in [0.1, 0.15) is 22.6 Å². The average Bonchev–Trinajstić information content (AvgIpc) is 2.78. The van der Waals surface area contributed by atoms with Gasteiger partial charge in [0.25, 0.3) is 5.56 Å². The highest BCUT2D eigenvalue weighted by Gasteiger charge is 2.17. The van der Waals surface area contributed by atoms with Crippen molar-refractivity contribution in [1.82, 2.24) is 4.57 Å². The van der Waals surface area contributed by atoms with Gasteiger partial charge in [0.2, 0.25) is 0 Å². The van der Waals surface area contributed by atoms with Crippen LogP contribution in [0.25, 0.3) is 0 Å². The Hall–Kier alpha value is -3.04. The molecule has 0 spiro atoms. The highest BCUT2D eigenvalue weighted by Crippen LogP contribution is 2.31. The standard InChI is InChI=1S/C26H23NOS/c28-25-17-16-23(20-27(25)18-19-29-24-14-8-3-9-15-24)26(21-10-4-1-5-11-21)22-12-6-2-7-13-22/h1-17,20,26H,18-19H2. The van der Waals surface area contributed by atoms with Crippen LogP contribution in [0.4, 0.5) is 0 Å². The smallest absolute Gasteiger partial charge is 0.250 e. The first-order chi connectivity index (χ1) is 14.3. The molecular weight excluding hydrogens is 374 g/mol. The maximum absolute atomic E-state index is 12.5. The summed E-state index contributed by atoms with van der Waals surface area (Å²) in [5, 5.41) is 0. The molecule has 0 aliphatic rings. The van der Waals surface area contributed by atoms with E-state index in [1.54, 1.807) is 17.8 Å². The molecule has 0 fully saturated rings. The van der Waals surface area contributed by atoms with Gasteiger partial charge in [0, 0.05) is 35.4 Å². The molecule has 2 nitrogen and oxygen atoms in total. The molecule has 144 valence electrons. The third-order valence-corrected chi connectivity index (χ3v) is 5.94. The van der Waals surface area contributed by atoms with E-state index in [0.29, 0.717) is 6.54 Å². The van der Waals surface area contributed by atoms with Gasteiger partial charge in [-0.15, -0.1) is 11.8 Å². The van der Waals surface area contributed by atoms with Gasteiger partial charge in [0.05, 0.1) is 0 Å². The fourth-order valence-corrected chi connectivity index (χ4v) is 4.42. The first-order valence-electron chi connectivity index (χ1n) is 9.79. The highest BCUT2D eigenvalue weighted by molar-refractivity contribution is 7.99. The molecule has 4 rings (SSSR count). The van der Waals surface area contributed by atoms with E-state index in [0.717, 1.165) is 11.3 Å². The number of hydrogen-bond acceptors (Lipinski definition) is 2. The molecule has 0 aliphatic heterocycles. The lowest BCUT2D eigenvalue weighted by Gasteiger charge is -2.20. The third-order valence-electron chi connectivity index (χ3n) is 4.95. The van der Waals surface area contributed by atoms with Crippen LogP contribution in [-0.2, 0) is 6.54 Å². The van der Waals surface area contributed by atoms with Crippen molar-refractivity contribution in [2.45, 2.75) is 17.4 Å².